The van der Waals surface area contributed by atoms with E-state index in [1.165, 1.54) is 5.56 Å². The zero-order valence-corrected chi connectivity index (χ0v) is 13.1. The Morgan fingerprint density at radius 3 is 2.68 bits per heavy atom. The van der Waals surface area contributed by atoms with E-state index in [0.717, 1.165) is 24.7 Å². The first kappa shape index (κ1) is 15.9. The number of benzene rings is 1. The molecule has 0 radical (unpaired) electrons. The van der Waals surface area contributed by atoms with Gasteiger partial charge < -0.3 is 15.4 Å². The Bertz CT molecular complexity index is 579. The predicted molar refractivity (Wildman–Crippen MR) is 88.2 cm³/mol. The molecule has 22 heavy (non-hydrogen) atoms. The number of para-hydroxylation sites is 1. The zero-order chi connectivity index (χ0) is 15.6. The van der Waals surface area contributed by atoms with Crippen molar-refractivity contribution < 1.29 is 4.74 Å². The van der Waals surface area contributed by atoms with E-state index >= 15 is 0 Å². The van der Waals surface area contributed by atoms with Crippen LogP contribution >= 0.6 is 0 Å². The molecule has 1 aromatic heterocycles. The normalized spacial score (nSPS) is 11.3. The van der Waals surface area contributed by atoms with Crippen molar-refractivity contribution in [1.82, 2.24) is 20.4 Å². The summed E-state index contributed by atoms with van der Waals surface area (Å²) in [7, 11) is 3.68. The van der Waals surface area contributed by atoms with Gasteiger partial charge in [0.1, 0.15) is 12.4 Å². The van der Waals surface area contributed by atoms with E-state index in [1.54, 1.807) is 7.05 Å². The summed E-state index contributed by atoms with van der Waals surface area (Å²) < 4.78 is 7.43. The molecule has 1 heterocycles. The van der Waals surface area contributed by atoms with Gasteiger partial charge in [0.25, 0.3) is 0 Å². The minimum atomic E-state index is 0.591. The lowest BCUT2D eigenvalue weighted by Crippen LogP contribution is -2.40. The minimum Gasteiger partial charge on any atom is -0.492 e. The molecule has 1 aromatic carbocycles. The molecule has 2 rings (SSSR count). The lowest BCUT2D eigenvalue weighted by Gasteiger charge is -2.12. The summed E-state index contributed by atoms with van der Waals surface area (Å²) in [5.74, 6) is 1.66. The van der Waals surface area contributed by atoms with Crippen LogP contribution in [0.1, 0.15) is 5.56 Å². The number of rotatable bonds is 7. The monoisotopic (exact) mass is 301 g/mol. The van der Waals surface area contributed by atoms with E-state index in [9.17, 15) is 0 Å². The lowest BCUT2D eigenvalue weighted by atomic mass is 10.2. The van der Waals surface area contributed by atoms with Gasteiger partial charge in [0.05, 0.1) is 12.7 Å². The van der Waals surface area contributed by atoms with E-state index < -0.39 is 0 Å². The third kappa shape index (κ3) is 5.47. The molecule has 0 bridgehead atoms. The van der Waals surface area contributed by atoms with Gasteiger partial charge in [-0.1, -0.05) is 18.2 Å². The van der Waals surface area contributed by atoms with E-state index in [0.29, 0.717) is 13.2 Å². The third-order valence-corrected chi connectivity index (χ3v) is 3.09. The SMILES string of the molecule is CN=C(NCCOc1ccccc1)NCCc1cnn(C)c1. The van der Waals surface area contributed by atoms with Crippen LogP contribution in [0.4, 0.5) is 0 Å². The van der Waals surface area contributed by atoms with Gasteiger partial charge in [-0.3, -0.25) is 9.67 Å². The molecule has 6 nitrogen and oxygen atoms in total. The van der Waals surface area contributed by atoms with E-state index in [2.05, 4.69) is 20.7 Å². The highest BCUT2D eigenvalue weighted by Gasteiger charge is 1.99. The number of nitrogens with zero attached hydrogens (tertiary/aromatic N) is 3. The Balaban J connectivity index is 1.61. The average Bonchev–Trinajstić information content (AvgIpc) is 2.96. The molecule has 0 aliphatic carbocycles. The maximum absolute atomic E-state index is 5.62. The summed E-state index contributed by atoms with van der Waals surface area (Å²) in [6.45, 7) is 2.10. The summed E-state index contributed by atoms with van der Waals surface area (Å²) in [6.07, 6.45) is 4.81. The predicted octanol–water partition coefficient (Wildman–Crippen LogP) is 1.21. The number of guanidine groups is 1. The molecular formula is C16H23N5O. The minimum absolute atomic E-state index is 0.591. The van der Waals surface area contributed by atoms with Crippen molar-refractivity contribution in [3.63, 3.8) is 0 Å². The van der Waals surface area contributed by atoms with Crippen LogP contribution < -0.4 is 15.4 Å². The number of ether oxygens (including phenoxy) is 1. The number of hydrogen-bond donors (Lipinski definition) is 2. The molecule has 0 saturated heterocycles. The largest absolute Gasteiger partial charge is 0.492 e. The second-order valence-corrected chi connectivity index (χ2v) is 4.86. The van der Waals surface area contributed by atoms with Crippen molar-refractivity contribution in [2.45, 2.75) is 6.42 Å². The maximum atomic E-state index is 5.62. The van der Waals surface area contributed by atoms with Gasteiger partial charge in [0.2, 0.25) is 0 Å². The zero-order valence-electron chi connectivity index (χ0n) is 13.1. The molecule has 2 aromatic rings. The molecule has 0 aliphatic heterocycles. The molecule has 0 fully saturated rings. The van der Waals surface area contributed by atoms with Gasteiger partial charge in [-0.05, 0) is 24.1 Å². The van der Waals surface area contributed by atoms with Crippen LogP contribution in [-0.2, 0) is 13.5 Å². The Morgan fingerprint density at radius 2 is 2.00 bits per heavy atom. The van der Waals surface area contributed by atoms with Crippen LogP contribution in [0, 0.1) is 0 Å². The molecule has 0 atom stereocenters. The molecule has 0 saturated carbocycles. The van der Waals surface area contributed by atoms with Crippen LogP contribution in [0.25, 0.3) is 0 Å². The average molecular weight is 301 g/mol. The number of nitrogens with one attached hydrogen (secondary N) is 2. The molecule has 6 heteroatoms. The fourth-order valence-corrected chi connectivity index (χ4v) is 2.00. The fraction of sp³-hybridized carbons (Fsp3) is 0.375. The molecule has 2 N–H and O–H groups in total. The Labute approximate surface area is 131 Å². The van der Waals surface area contributed by atoms with Crippen LogP contribution in [0.2, 0.25) is 0 Å². The molecular weight excluding hydrogens is 278 g/mol. The second kappa shape index (κ2) is 8.71. The van der Waals surface area contributed by atoms with Gasteiger partial charge in [0, 0.05) is 26.8 Å². The highest BCUT2D eigenvalue weighted by atomic mass is 16.5. The first-order valence-corrected chi connectivity index (χ1v) is 7.38. The highest BCUT2D eigenvalue weighted by Crippen LogP contribution is 2.07. The van der Waals surface area contributed by atoms with Crippen molar-refractivity contribution in [1.29, 1.82) is 0 Å². The van der Waals surface area contributed by atoms with Gasteiger partial charge in [-0.25, -0.2) is 0 Å². The first-order valence-electron chi connectivity index (χ1n) is 7.38. The second-order valence-electron chi connectivity index (χ2n) is 4.86. The Hall–Kier alpha value is -2.50. The summed E-state index contributed by atoms with van der Waals surface area (Å²) in [4.78, 5) is 4.19. The Morgan fingerprint density at radius 1 is 1.23 bits per heavy atom. The summed E-state index contributed by atoms with van der Waals surface area (Å²) in [5.41, 5.74) is 1.21. The Kier molecular flexibility index (Phi) is 6.29. The van der Waals surface area contributed by atoms with Crippen molar-refractivity contribution >= 4 is 5.96 Å². The van der Waals surface area contributed by atoms with Crippen molar-refractivity contribution in [2.75, 3.05) is 26.7 Å². The molecule has 0 aliphatic rings. The van der Waals surface area contributed by atoms with Crippen molar-refractivity contribution in [2.24, 2.45) is 12.0 Å². The molecule has 0 amide bonds. The first-order chi connectivity index (χ1) is 10.8. The fourth-order valence-electron chi connectivity index (χ4n) is 2.00. The van der Waals surface area contributed by atoms with Gasteiger partial charge in [0.15, 0.2) is 5.96 Å². The number of aryl methyl sites for hydroxylation is 1. The molecule has 0 unspecified atom stereocenters. The van der Waals surface area contributed by atoms with Gasteiger partial charge in [-0.2, -0.15) is 5.10 Å². The lowest BCUT2D eigenvalue weighted by molar-refractivity contribution is 0.322. The van der Waals surface area contributed by atoms with E-state index in [4.69, 9.17) is 4.74 Å². The topological polar surface area (TPSA) is 63.5 Å². The van der Waals surface area contributed by atoms with Crippen LogP contribution in [0.5, 0.6) is 5.75 Å². The third-order valence-electron chi connectivity index (χ3n) is 3.09. The van der Waals surface area contributed by atoms with Crippen molar-refractivity contribution in [3.8, 4) is 5.75 Å². The van der Waals surface area contributed by atoms with Crippen molar-refractivity contribution in [3.05, 3.63) is 48.3 Å². The quantitative estimate of drug-likeness (QED) is 0.458. The summed E-state index contributed by atoms with van der Waals surface area (Å²) in [5, 5.41) is 10.6. The van der Waals surface area contributed by atoms with E-state index in [1.807, 2.05) is 54.5 Å². The van der Waals surface area contributed by atoms with Crippen LogP contribution in [0.3, 0.4) is 0 Å². The summed E-state index contributed by atoms with van der Waals surface area (Å²) in [6, 6.07) is 9.78. The van der Waals surface area contributed by atoms with Crippen LogP contribution in [-0.4, -0.2) is 42.5 Å². The molecule has 0 spiro atoms. The number of aliphatic imine (C=N–C) groups is 1. The maximum Gasteiger partial charge on any atom is 0.191 e. The summed E-state index contributed by atoms with van der Waals surface area (Å²) >= 11 is 0. The molecule has 118 valence electrons. The number of hydrogen-bond acceptors (Lipinski definition) is 3. The smallest absolute Gasteiger partial charge is 0.191 e. The van der Waals surface area contributed by atoms with E-state index in [-0.39, 0.29) is 0 Å². The van der Waals surface area contributed by atoms with Crippen LogP contribution in [0.15, 0.2) is 47.7 Å². The van der Waals surface area contributed by atoms with Gasteiger partial charge >= 0.3 is 0 Å². The van der Waals surface area contributed by atoms with Gasteiger partial charge in [-0.15, -0.1) is 0 Å². The standard InChI is InChI=1S/C16H23N5O/c1-17-16(18-9-8-14-12-20-21(2)13-14)19-10-11-22-15-6-4-3-5-7-15/h3-7,12-13H,8-11H2,1-2H3,(H2,17,18,19). The highest BCUT2D eigenvalue weighted by molar-refractivity contribution is 5.79. The number of aromatic nitrogens is 2.